The van der Waals surface area contributed by atoms with Crippen LogP contribution in [0.2, 0.25) is 0 Å². The molecule has 4 heterocycles. The lowest BCUT2D eigenvalue weighted by Crippen LogP contribution is -2.34. The number of ether oxygens (including phenoxy) is 1. The van der Waals surface area contributed by atoms with Gasteiger partial charge in [0.2, 0.25) is 0 Å². The molecule has 3 aromatic heterocycles. The number of rotatable bonds is 7. The Labute approximate surface area is 258 Å². The number of likely N-dealkylation sites (tertiary alicyclic amines) is 1. The highest BCUT2D eigenvalue weighted by Crippen LogP contribution is 2.33. The lowest BCUT2D eigenvalue weighted by atomic mass is 9.94. The number of aromatic nitrogens is 6. The van der Waals surface area contributed by atoms with Crippen LogP contribution in [0.4, 0.5) is 4.79 Å². The van der Waals surface area contributed by atoms with Gasteiger partial charge in [0, 0.05) is 37.8 Å². The summed E-state index contributed by atoms with van der Waals surface area (Å²) in [6, 6.07) is 21.0. The zero-order chi connectivity index (χ0) is 30.8. The smallest absolute Gasteiger partial charge is 0.410 e. The Hall–Kier alpha value is -4.57. The third-order valence-corrected chi connectivity index (χ3v) is 7.94. The van der Waals surface area contributed by atoms with Crippen LogP contribution in [-0.4, -0.2) is 71.2 Å². The van der Waals surface area contributed by atoms with Crippen LogP contribution in [0.15, 0.2) is 73.1 Å². The van der Waals surface area contributed by atoms with Crippen molar-refractivity contribution >= 4 is 11.7 Å². The molecule has 2 aromatic carbocycles. The number of carbonyl (C=O) groups excluding carboxylic acids is 1. The van der Waals surface area contributed by atoms with Crippen LogP contribution in [0.25, 0.3) is 22.5 Å². The van der Waals surface area contributed by atoms with Crippen LogP contribution in [-0.2, 0) is 17.8 Å². The molecular formula is C34H40N8O2. The van der Waals surface area contributed by atoms with Crippen molar-refractivity contribution < 1.29 is 9.53 Å². The normalized spacial score (nSPS) is 15.9. The van der Waals surface area contributed by atoms with Crippen LogP contribution in [0.3, 0.4) is 0 Å². The van der Waals surface area contributed by atoms with Gasteiger partial charge in [-0.15, -0.1) is 5.10 Å². The number of hydrogen-bond donors (Lipinski definition) is 0. The predicted octanol–water partition coefficient (Wildman–Crippen LogP) is 6.03. The van der Waals surface area contributed by atoms with Gasteiger partial charge in [-0.05, 0) is 76.4 Å². The van der Waals surface area contributed by atoms with E-state index in [1.54, 1.807) is 11.7 Å². The summed E-state index contributed by atoms with van der Waals surface area (Å²) in [6.07, 6.45) is 5.64. The standard InChI is InChI=1S/C34H40N8O2/c1-24-31(26-13-9-15-29(19-26)41-23-28(36-38-41)22-39(5)33(43)44-34(2,3)4)32-35-17-16-30(42(32)37-24)27-14-10-18-40(21-27)20-25-11-7-6-8-12-25/h6-9,11-13,15-17,19,23,27H,10,14,18,20-22H2,1-5H3. The molecule has 1 unspecified atom stereocenters. The first-order valence-electron chi connectivity index (χ1n) is 15.2. The zero-order valence-electron chi connectivity index (χ0n) is 26.1. The average molecular weight is 593 g/mol. The van der Waals surface area contributed by atoms with Crippen molar-refractivity contribution in [2.24, 2.45) is 0 Å². The van der Waals surface area contributed by atoms with E-state index in [1.165, 1.54) is 16.2 Å². The van der Waals surface area contributed by atoms with Crippen LogP contribution in [0.1, 0.15) is 62.2 Å². The summed E-state index contributed by atoms with van der Waals surface area (Å²) in [4.78, 5) is 21.3. The van der Waals surface area contributed by atoms with Gasteiger partial charge in [0.15, 0.2) is 5.65 Å². The molecule has 1 saturated heterocycles. The lowest BCUT2D eigenvalue weighted by molar-refractivity contribution is 0.0283. The maximum atomic E-state index is 12.4. The predicted molar refractivity (Wildman–Crippen MR) is 169 cm³/mol. The van der Waals surface area contributed by atoms with Crippen LogP contribution < -0.4 is 0 Å². The first-order chi connectivity index (χ1) is 21.1. The topological polar surface area (TPSA) is 93.7 Å². The molecule has 1 aliphatic rings. The fourth-order valence-electron chi connectivity index (χ4n) is 5.95. The monoisotopic (exact) mass is 592 g/mol. The SMILES string of the molecule is Cc1nn2c(C3CCCN(Cc4ccccc4)C3)ccnc2c1-c1cccc(-n2cc(CN(C)C(=O)OC(C)(C)C)nn2)c1. The minimum Gasteiger partial charge on any atom is -0.444 e. The van der Waals surface area contributed by atoms with Gasteiger partial charge in [0.1, 0.15) is 11.3 Å². The van der Waals surface area contributed by atoms with Crippen LogP contribution >= 0.6 is 0 Å². The van der Waals surface area contributed by atoms with E-state index in [0.29, 0.717) is 18.2 Å². The van der Waals surface area contributed by atoms with E-state index in [9.17, 15) is 4.79 Å². The zero-order valence-corrected chi connectivity index (χ0v) is 26.1. The van der Waals surface area contributed by atoms with E-state index in [-0.39, 0.29) is 0 Å². The number of nitrogens with zero attached hydrogens (tertiary/aromatic N) is 8. The van der Waals surface area contributed by atoms with Crippen LogP contribution in [0.5, 0.6) is 0 Å². The van der Waals surface area contributed by atoms with Gasteiger partial charge in [-0.1, -0.05) is 47.7 Å². The molecule has 10 heteroatoms. The van der Waals surface area contributed by atoms with Gasteiger partial charge in [-0.2, -0.15) is 5.10 Å². The minimum absolute atomic E-state index is 0.290. The molecule has 6 rings (SSSR count). The second-order valence-electron chi connectivity index (χ2n) is 12.7. The Bertz CT molecular complexity index is 1750. The van der Waals surface area contributed by atoms with Crippen molar-refractivity contribution in [2.75, 3.05) is 20.1 Å². The summed E-state index contributed by atoms with van der Waals surface area (Å²) in [5.74, 6) is 0.379. The minimum atomic E-state index is -0.561. The third-order valence-electron chi connectivity index (χ3n) is 7.94. The second-order valence-corrected chi connectivity index (χ2v) is 12.7. The molecule has 0 saturated carbocycles. The first kappa shape index (κ1) is 29.5. The van der Waals surface area contributed by atoms with Crippen molar-refractivity contribution in [3.63, 3.8) is 0 Å². The molecule has 0 bridgehead atoms. The number of benzene rings is 2. The number of piperidine rings is 1. The molecule has 1 amide bonds. The maximum Gasteiger partial charge on any atom is 0.410 e. The third kappa shape index (κ3) is 6.50. The Balaban J connectivity index is 1.23. The Morgan fingerprint density at radius 2 is 1.91 bits per heavy atom. The molecule has 1 atom stereocenters. The molecule has 0 radical (unpaired) electrons. The lowest BCUT2D eigenvalue weighted by Gasteiger charge is -2.33. The van der Waals surface area contributed by atoms with Gasteiger partial charge < -0.3 is 9.64 Å². The summed E-state index contributed by atoms with van der Waals surface area (Å²) in [7, 11) is 1.69. The first-order valence-corrected chi connectivity index (χ1v) is 15.2. The Morgan fingerprint density at radius 3 is 2.70 bits per heavy atom. The summed E-state index contributed by atoms with van der Waals surface area (Å²) >= 11 is 0. The van der Waals surface area contributed by atoms with E-state index < -0.39 is 11.7 Å². The van der Waals surface area contributed by atoms with E-state index >= 15 is 0 Å². The number of hydrogen-bond acceptors (Lipinski definition) is 7. The van der Waals surface area contributed by atoms with Crippen LogP contribution in [0, 0.1) is 6.92 Å². The molecule has 228 valence electrons. The summed E-state index contributed by atoms with van der Waals surface area (Å²) < 4.78 is 9.24. The number of carbonyl (C=O) groups is 1. The second kappa shape index (κ2) is 12.2. The number of aryl methyl sites for hydroxylation is 1. The Kier molecular flexibility index (Phi) is 8.18. The summed E-state index contributed by atoms with van der Waals surface area (Å²) in [6.45, 7) is 10.9. The van der Waals surface area contributed by atoms with Crippen molar-refractivity contribution in [3.05, 3.63) is 95.7 Å². The molecule has 1 aliphatic heterocycles. The van der Waals surface area contributed by atoms with E-state index in [2.05, 4.69) is 63.7 Å². The van der Waals surface area contributed by atoms with Crippen molar-refractivity contribution in [1.29, 1.82) is 0 Å². The average Bonchev–Trinajstić information content (AvgIpc) is 3.60. The van der Waals surface area contributed by atoms with Gasteiger partial charge in [-0.3, -0.25) is 4.90 Å². The highest BCUT2D eigenvalue weighted by molar-refractivity contribution is 5.81. The molecule has 5 aromatic rings. The van der Waals surface area contributed by atoms with E-state index in [4.69, 9.17) is 14.8 Å². The number of amides is 1. The molecule has 0 aliphatic carbocycles. The van der Waals surface area contributed by atoms with E-state index in [1.807, 2.05) is 56.7 Å². The quantitative estimate of drug-likeness (QED) is 0.228. The molecule has 1 fully saturated rings. The highest BCUT2D eigenvalue weighted by atomic mass is 16.6. The summed E-state index contributed by atoms with van der Waals surface area (Å²) in [5, 5.41) is 13.6. The molecular weight excluding hydrogens is 552 g/mol. The molecule has 44 heavy (non-hydrogen) atoms. The number of fused-ring (bicyclic) bond motifs is 1. The van der Waals surface area contributed by atoms with Crippen molar-refractivity contribution in [2.45, 2.75) is 65.1 Å². The Morgan fingerprint density at radius 1 is 1.09 bits per heavy atom. The van der Waals surface area contributed by atoms with Gasteiger partial charge in [0.05, 0.1) is 29.8 Å². The fraction of sp³-hybridized carbons (Fsp3) is 0.382. The molecule has 0 N–H and O–H groups in total. The van der Waals surface area contributed by atoms with Gasteiger partial charge in [0.25, 0.3) is 0 Å². The van der Waals surface area contributed by atoms with Crippen molar-refractivity contribution in [3.8, 4) is 16.8 Å². The van der Waals surface area contributed by atoms with Gasteiger partial charge in [-0.25, -0.2) is 19.0 Å². The largest absolute Gasteiger partial charge is 0.444 e. The van der Waals surface area contributed by atoms with Crippen molar-refractivity contribution in [1.82, 2.24) is 39.4 Å². The fourth-order valence-corrected chi connectivity index (χ4v) is 5.95. The molecule has 10 nitrogen and oxygen atoms in total. The van der Waals surface area contributed by atoms with E-state index in [0.717, 1.165) is 60.6 Å². The summed E-state index contributed by atoms with van der Waals surface area (Å²) in [5.41, 5.74) is 7.32. The molecule has 0 spiro atoms. The highest BCUT2D eigenvalue weighted by Gasteiger charge is 2.26. The van der Waals surface area contributed by atoms with Gasteiger partial charge >= 0.3 is 6.09 Å². The maximum absolute atomic E-state index is 12.4.